The quantitative estimate of drug-likeness (QED) is 0.191. The lowest BCUT2D eigenvalue weighted by Crippen LogP contribution is -2.29. The van der Waals surface area contributed by atoms with Crippen LogP contribution >= 0.6 is 0 Å². The molecule has 1 atom stereocenters. The van der Waals surface area contributed by atoms with E-state index in [9.17, 15) is 14.7 Å². The van der Waals surface area contributed by atoms with Gasteiger partial charge in [-0.2, -0.15) is 0 Å². The van der Waals surface area contributed by atoms with Crippen LogP contribution in [0.1, 0.15) is 39.6 Å². The van der Waals surface area contributed by atoms with Gasteiger partial charge in [0.25, 0.3) is 11.7 Å². The first kappa shape index (κ1) is 24.1. The second kappa shape index (κ2) is 9.82. The first-order valence-electron chi connectivity index (χ1n) is 12.0. The summed E-state index contributed by atoms with van der Waals surface area (Å²) in [6.07, 6.45) is 1.49. The van der Waals surface area contributed by atoms with Gasteiger partial charge in [-0.3, -0.25) is 14.5 Å². The number of anilines is 1. The maximum Gasteiger partial charge on any atom is 0.300 e. The average molecular weight is 494 g/mol. The Morgan fingerprint density at radius 1 is 0.919 bits per heavy atom. The highest BCUT2D eigenvalue weighted by atomic mass is 16.5. The fourth-order valence-electron chi connectivity index (χ4n) is 4.75. The summed E-state index contributed by atoms with van der Waals surface area (Å²) in [7, 11) is 0. The topological polar surface area (TPSA) is 80.0 Å². The molecule has 0 bridgehead atoms. The number of hydrogen-bond acceptors (Lipinski definition) is 5. The van der Waals surface area contributed by atoms with Crippen molar-refractivity contribution in [1.29, 1.82) is 0 Å². The molecule has 6 nitrogen and oxygen atoms in total. The molecule has 6 heteroatoms. The normalized spacial score (nSPS) is 16.8. The standard InChI is InChI=1S/C31H27NO5/c1-19-14-20(2)16-24(15-19)32-28(26-10-7-13-36-26)27(30(34)31(32)35)29(33)23-11-12-25(21(3)17-23)37-18-22-8-5-4-6-9-22/h4-17,28,33H,18H2,1-3H3/b29-27-. The van der Waals surface area contributed by atoms with Crippen molar-refractivity contribution in [3.05, 3.63) is 124 Å². The second-order valence-electron chi connectivity index (χ2n) is 9.28. The molecular weight excluding hydrogens is 466 g/mol. The van der Waals surface area contributed by atoms with E-state index in [1.807, 2.05) is 69.3 Å². The number of ether oxygens (including phenoxy) is 1. The van der Waals surface area contributed by atoms with Gasteiger partial charge in [-0.25, -0.2) is 0 Å². The molecule has 2 heterocycles. The van der Waals surface area contributed by atoms with Gasteiger partial charge < -0.3 is 14.3 Å². The lowest BCUT2D eigenvalue weighted by Gasteiger charge is -2.24. The van der Waals surface area contributed by atoms with Crippen LogP contribution in [0.2, 0.25) is 0 Å². The average Bonchev–Trinajstić information content (AvgIpc) is 3.49. The fourth-order valence-corrected chi connectivity index (χ4v) is 4.75. The van der Waals surface area contributed by atoms with Crippen molar-refractivity contribution < 1.29 is 23.8 Å². The number of benzene rings is 3. The molecule has 3 aromatic carbocycles. The van der Waals surface area contributed by atoms with E-state index in [0.29, 0.717) is 29.4 Å². The minimum Gasteiger partial charge on any atom is -0.507 e. The largest absolute Gasteiger partial charge is 0.507 e. The van der Waals surface area contributed by atoms with Crippen molar-refractivity contribution in [1.82, 2.24) is 0 Å². The van der Waals surface area contributed by atoms with Crippen LogP contribution in [0.5, 0.6) is 5.75 Å². The number of aliphatic hydroxyl groups is 1. The molecule has 1 saturated heterocycles. The Kier molecular flexibility index (Phi) is 6.40. The smallest absolute Gasteiger partial charge is 0.300 e. The van der Waals surface area contributed by atoms with Crippen LogP contribution in [-0.4, -0.2) is 16.8 Å². The first-order valence-corrected chi connectivity index (χ1v) is 12.0. The van der Waals surface area contributed by atoms with Gasteiger partial charge in [0.1, 0.15) is 29.9 Å². The highest BCUT2D eigenvalue weighted by molar-refractivity contribution is 6.51. The maximum absolute atomic E-state index is 13.3. The van der Waals surface area contributed by atoms with E-state index in [0.717, 1.165) is 22.3 Å². The van der Waals surface area contributed by atoms with Gasteiger partial charge in [-0.1, -0.05) is 36.4 Å². The van der Waals surface area contributed by atoms with E-state index in [1.165, 1.54) is 11.2 Å². The van der Waals surface area contributed by atoms with Gasteiger partial charge in [0.05, 0.1) is 11.8 Å². The zero-order chi connectivity index (χ0) is 26.1. The third-order valence-electron chi connectivity index (χ3n) is 6.43. The van der Waals surface area contributed by atoms with Gasteiger partial charge in [0.15, 0.2) is 0 Å². The Balaban J connectivity index is 1.54. The minimum atomic E-state index is -0.898. The van der Waals surface area contributed by atoms with Crippen LogP contribution in [0.25, 0.3) is 5.76 Å². The predicted octanol–water partition coefficient (Wildman–Crippen LogP) is 6.41. The Bertz CT molecular complexity index is 1480. The van der Waals surface area contributed by atoms with E-state index in [-0.39, 0.29) is 11.3 Å². The van der Waals surface area contributed by atoms with Crippen molar-refractivity contribution in [2.75, 3.05) is 4.90 Å². The van der Waals surface area contributed by atoms with Crippen molar-refractivity contribution in [2.45, 2.75) is 33.4 Å². The fraction of sp³-hybridized carbons (Fsp3) is 0.161. The summed E-state index contributed by atoms with van der Waals surface area (Å²) in [5, 5.41) is 11.4. The first-order chi connectivity index (χ1) is 17.8. The van der Waals surface area contributed by atoms with Gasteiger partial charge in [-0.05, 0) is 85.5 Å². The summed E-state index contributed by atoms with van der Waals surface area (Å²) in [6, 6.07) is 23.2. The monoisotopic (exact) mass is 493 g/mol. The molecule has 1 fully saturated rings. The van der Waals surface area contributed by atoms with E-state index in [1.54, 1.807) is 30.3 Å². The molecule has 37 heavy (non-hydrogen) atoms. The number of aryl methyl sites for hydroxylation is 3. The molecule has 186 valence electrons. The number of Topliss-reactive ketones (excluding diaryl/α,β-unsaturated/α-hetero) is 1. The van der Waals surface area contributed by atoms with Crippen LogP contribution in [0, 0.1) is 20.8 Å². The molecular formula is C31H27NO5. The second-order valence-corrected chi connectivity index (χ2v) is 9.28. The van der Waals surface area contributed by atoms with Crippen molar-refractivity contribution in [2.24, 2.45) is 0 Å². The lowest BCUT2D eigenvalue weighted by atomic mass is 9.98. The number of rotatable bonds is 6. The van der Waals surface area contributed by atoms with Crippen molar-refractivity contribution in [3.8, 4) is 5.75 Å². The molecule has 4 aromatic rings. The molecule has 1 aliphatic rings. The highest BCUT2D eigenvalue weighted by Gasteiger charge is 2.48. The zero-order valence-corrected chi connectivity index (χ0v) is 20.9. The van der Waals surface area contributed by atoms with Crippen LogP contribution in [0.3, 0.4) is 0 Å². The summed E-state index contributed by atoms with van der Waals surface area (Å²) >= 11 is 0. The van der Waals surface area contributed by atoms with E-state index in [2.05, 4.69) is 0 Å². The molecule has 0 aliphatic carbocycles. The van der Waals surface area contributed by atoms with Gasteiger partial charge in [0, 0.05) is 11.3 Å². The van der Waals surface area contributed by atoms with E-state index >= 15 is 0 Å². The molecule has 0 saturated carbocycles. The van der Waals surface area contributed by atoms with E-state index < -0.39 is 17.7 Å². The summed E-state index contributed by atoms with van der Waals surface area (Å²) in [6.45, 7) is 6.14. The molecule has 1 aliphatic heterocycles. The number of furan rings is 1. The minimum absolute atomic E-state index is 0.0172. The molecule has 5 rings (SSSR count). The van der Waals surface area contributed by atoms with Crippen molar-refractivity contribution >= 4 is 23.1 Å². The molecule has 1 N–H and O–H groups in total. The summed E-state index contributed by atoms with van der Waals surface area (Å²) in [4.78, 5) is 28.0. The van der Waals surface area contributed by atoms with Gasteiger partial charge in [-0.15, -0.1) is 0 Å². The Labute approximate surface area is 215 Å². The third-order valence-corrected chi connectivity index (χ3v) is 6.43. The van der Waals surface area contributed by atoms with Crippen LogP contribution in [0.15, 0.2) is 95.1 Å². The molecule has 1 amide bonds. The molecule has 1 unspecified atom stereocenters. The number of carbonyl (C=O) groups is 2. The lowest BCUT2D eigenvalue weighted by molar-refractivity contribution is -0.132. The molecule has 0 spiro atoms. The van der Waals surface area contributed by atoms with Crippen molar-refractivity contribution in [3.63, 3.8) is 0 Å². The Morgan fingerprint density at radius 3 is 2.30 bits per heavy atom. The Hall–Kier alpha value is -4.58. The Morgan fingerprint density at radius 2 is 1.65 bits per heavy atom. The number of aliphatic hydroxyl groups excluding tert-OH is 1. The van der Waals surface area contributed by atoms with Crippen LogP contribution in [0.4, 0.5) is 5.69 Å². The molecule has 0 radical (unpaired) electrons. The highest BCUT2D eigenvalue weighted by Crippen LogP contribution is 2.43. The summed E-state index contributed by atoms with van der Waals surface area (Å²) in [5.41, 5.74) is 4.71. The molecule has 1 aromatic heterocycles. The number of amides is 1. The maximum atomic E-state index is 13.3. The third kappa shape index (κ3) is 4.66. The van der Waals surface area contributed by atoms with Gasteiger partial charge >= 0.3 is 0 Å². The van der Waals surface area contributed by atoms with Gasteiger partial charge in [0.2, 0.25) is 0 Å². The van der Waals surface area contributed by atoms with E-state index in [4.69, 9.17) is 9.15 Å². The number of hydrogen-bond donors (Lipinski definition) is 1. The predicted molar refractivity (Wildman–Crippen MR) is 141 cm³/mol. The summed E-state index contributed by atoms with van der Waals surface area (Å²) in [5.74, 6) is -0.685. The summed E-state index contributed by atoms with van der Waals surface area (Å²) < 4.78 is 11.6. The van der Waals surface area contributed by atoms with Crippen LogP contribution < -0.4 is 9.64 Å². The zero-order valence-electron chi connectivity index (χ0n) is 20.9. The number of carbonyl (C=O) groups excluding carboxylic acids is 2. The SMILES string of the molecule is Cc1cc(C)cc(N2C(=O)C(=O)/C(=C(\O)c3ccc(OCc4ccccc4)c(C)c3)C2c2ccco2)c1. The number of ketones is 1. The number of nitrogens with zero attached hydrogens (tertiary/aromatic N) is 1. The van der Waals surface area contributed by atoms with Crippen LogP contribution in [-0.2, 0) is 16.2 Å².